The van der Waals surface area contributed by atoms with Crippen LogP contribution in [0.2, 0.25) is 0 Å². The zero-order chi connectivity index (χ0) is 17.9. The molecule has 0 bridgehead atoms. The second-order valence-corrected chi connectivity index (χ2v) is 6.93. The molecule has 0 spiro atoms. The van der Waals surface area contributed by atoms with Gasteiger partial charge in [0, 0.05) is 13.1 Å². The van der Waals surface area contributed by atoms with Crippen molar-refractivity contribution >= 4 is 6.03 Å². The third kappa shape index (κ3) is 16.1. The Bertz CT molecular complexity index is 272. The van der Waals surface area contributed by atoms with E-state index in [9.17, 15) is 10.0 Å². The third-order valence-corrected chi connectivity index (χ3v) is 4.46. The molecule has 0 aromatic heterocycles. The predicted molar refractivity (Wildman–Crippen MR) is 104 cm³/mol. The second-order valence-electron chi connectivity index (χ2n) is 6.93. The number of nitrogens with one attached hydrogen (secondary N) is 1. The van der Waals surface area contributed by atoms with Gasteiger partial charge < -0.3 is 15.6 Å². The minimum Gasteiger partial charge on any atom is -0.755 e. The van der Waals surface area contributed by atoms with Crippen LogP contribution in [-0.4, -0.2) is 24.2 Å². The summed E-state index contributed by atoms with van der Waals surface area (Å²) in [5, 5.41) is 14.4. The van der Waals surface area contributed by atoms with E-state index in [0.717, 1.165) is 12.8 Å². The van der Waals surface area contributed by atoms with Gasteiger partial charge in [-0.15, -0.1) is 0 Å². The highest BCUT2D eigenvalue weighted by Gasteiger charge is 2.00. The minimum absolute atomic E-state index is 0.282. The number of unbranched alkanes of at least 4 members (excludes halogenated alkanes) is 13. The maximum atomic E-state index is 11.4. The normalized spacial score (nSPS) is 10.8. The largest absolute Gasteiger partial charge is 0.755 e. The molecule has 0 heterocycles. The lowest BCUT2D eigenvalue weighted by Crippen LogP contribution is -2.36. The van der Waals surface area contributed by atoms with Gasteiger partial charge in [-0.25, -0.2) is 4.79 Å². The van der Waals surface area contributed by atoms with Crippen LogP contribution in [0.5, 0.6) is 0 Å². The summed E-state index contributed by atoms with van der Waals surface area (Å²) in [5.74, 6) is 0. The molecule has 0 atom stereocenters. The molecule has 2 amide bonds. The van der Waals surface area contributed by atoms with Crippen molar-refractivity contribution in [1.29, 1.82) is 0 Å². The Morgan fingerprint density at radius 1 is 0.708 bits per heavy atom. The van der Waals surface area contributed by atoms with Crippen molar-refractivity contribution in [2.75, 3.05) is 13.1 Å². The van der Waals surface area contributed by atoms with E-state index in [1.807, 2.05) is 6.92 Å². The number of rotatable bonds is 17. The summed E-state index contributed by atoms with van der Waals surface area (Å²) < 4.78 is 0. The van der Waals surface area contributed by atoms with Gasteiger partial charge in [-0.05, 0) is 12.8 Å². The van der Waals surface area contributed by atoms with Crippen LogP contribution in [0, 0.1) is 5.21 Å². The summed E-state index contributed by atoms with van der Waals surface area (Å²) in [6.45, 7) is 5.07. The van der Waals surface area contributed by atoms with E-state index in [0.29, 0.717) is 18.0 Å². The van der Waals surface area contributed by atoms with Gasteiger partial charge in [0.15, 0.2) is 0 Å². The van der Waals surface area contributed by atoms with Crippen molar-refractivity contribution in [3.8, 4) is 0 Å². The number of nitrogens with zero attached hydrogens (tertiary/aromatic N) is 1. The molecular formula is C20H41N2O2-. The Balaban J connectivity index is 3.14. The van der Waals surface area contributed by atoms with E-state index in [-0.39, 0.29) is 6.54 Å². The summed E-state index contributed by atoms with van der Waals surface area (Å²) in [6, 6.07) is -0.480. The molecule has 0 saturated heterocycles. The number of hydrogen-bond acceptors (Lipinski definition) is 2. The first-order chi connectivity index (χ1) is 11.7. The molecule has 24 heavy (non-hydrogen) atoms. The Labute approximate surface area is 150 Å². The van der Waals surface area contributed by atoms with Crippen LogP contribution >= 0.6 is 0 Å². The number of carbonyl (C=O) groups is 1. The highest BCUT2D eigenvalue weighted by Crippen LogP contribution is 2.12. The summed E-state index contributed by atoms with van der Waals surface area (Å²) in [7, 11) is 0. The zero-order valence-corrected chi connectivity index (χ0v) is 16.3. The first kappa shape index (κ1) is 23.2. The number of hydroxylamine groups is 2. The number of urea groups is 1. The quantitative estimate of drug-likeness (QED) is 0.246. The Hall–Kier alpha value is -0.770. The van der Waals surface area contributed by atoms with Crippen LogP contribution in [-0.2, 0) is 0 Å². The smallest absolute Gasteiger partial charge is 0.306 e. The minimum atomic E-state index is -0.480. The molecule has 4 nitrogen and oxygen atoms in total. The van der Waals surface area contributed by atoms with E-state index in [1.54, 1.807) is 0 Å². The lowest BCUT2D eigenvalue weighted by molar-refractivity contribution is 0.215. The lowest BCUT2D eigenvalue weighted by atomic mass is 10.0. The Morgan fingerprint density at radius 2 is 1.12 bits per heavy atom. The number of hydrogen-bond donors (Lipinski definition) is 1. The fourth-order valence-electron chi connectivity index (χ4n) is 2.91. The van der Waals surface area contributed by atoms with Gasteiger partial charge >= 0.3 is 6.03 Å². The molecule has 1 N–H and O–H groups in total. The average molecular weight is 342 g/mol. The second kappa shape index (κ2) is 18.6. The highest BCUT2D eigenvalue weighted by atomic mass is 16.5. The topological polar surface area (TPSA) is 55.4 Å². The molecule has 0 fully saturated rings. The molecule has 4 heteroatoms. The molecular weight excluding hydrogens is 300 g/mol. The van der Waals surface area contributed by atoms with Crippen molar-refractivity contribution in [1.82, 2.24) is 10.4 Å². The first-order valence-corrected chi connectivity index (χ1v) is 10.4. The molecule has 0 aliphatic rings. The van der Waals surface area contributed by atoms with Crippen molar-refractivity contribution in [3.05, 3.63) is 5.21 Å². The van der Waals surface area contributed by atoms with Crippen LogP contribution in [0.15, 0.2) is 0 Å². The van der Waals surface area contributed by atoms with Gasteiger partial charge in [-0.2, -0.15) is 0 Å². The summed E-state index contributed by atoms with van der Waals surface area (Å²) in [5.41, 5.74) is 0. The summed E-state index contributed by atoms with van der Waals surface area (Å²) >= 11 is 0. The van der Waals surface area contributed by atoms with E-state index in [4.69, 9.17) is 0 Å². The van der Waals surface area contributed by atoms with E-state index in [1.165, 1.54) is 77.0 Å². The Morgan fingerprint density at radius 3 is 1.54 bits per heavy atom. The van der Waals surface area contributed by atoms with Crippen LogP contribution in [0.4, 0.5) is 4.79 Å². The standard InChI is InChI=1S/C20H41N2O2/c1-3-5-6-7-8-9-10-11-12-13-14-15-16-17-18-21-20(23)22(24)19-4-2/h3-19H2,1-2H3,(H,21,23)/q-1. The SMILES string of the molecule is CCCCCCCCCCCCCCCCNC(=O)N([O-])CCC. The van der Waals surface area contributed by atoms with Crippen LogP contribution in [0.1, 0.15) is 110 Å². The zero-order valence-electron chi connectivity index (χ0n) is 16.3. The molecule has 0 unspecified atom stereocenters. The Kier molecular flexibility index (Phi) is 18.0. The van der Waals surface area contributed by atoms with Crippen molar-refractivity contribution < 1.29 is 4.79 Å². The number of carbonyl (C=O) groups excluding carboxylic acids is 1. The molecule has 0 aromatic carbocycles. The van der Waals surface area contributed by atoms with Gasteiger partial charge in [0.2, 0.25) is 0 Å². The molecule has 0 aliphatic carbocycles. The van der Waals surface area contributed by atoms with Crippen LogP contribution < -0.4 is 5.32 Å². The third-order valence-electron chi connectivity index (χ3n) is 4.46. The fourth-order valence-corrected chi connectivity index (χ4v) is 2.91. The maximum absolute atomic E-state index is 11.4. The first-order valence-electron chi connectivity index (χ1n) is 10.4. The van der Waals surface area contributed by atoms with Crippen LogP contribution in [0.25, 0.3) is 0 Å². The highest BCUT2D eigenvalue weighted by molar-refractivity contribution is 5.74. The van der Waals surface area contributed by atoms with Crippen molar-refractivity contribution in [2.45, 2.75) is 110 Å². The number of amides is 2. The van der Waals surface area contributed by atoms with Crippen molar-refractivity contribution in [3.63, 3.8) is 0 Å². The van der Waals surface area contributed by atoms with E-state index >= 15 is 0 Å². The molecule has 0 radical (unpaired) electrons. The summed E-state index contributed by atoms with van der Waals surface area (Å²) in [4.78, 5) is 11.4. The maximum Gasteiger partial charge on any atom is 0.306 e. The summed E-state index contributed by atoms with van der Waals surface area (Å²) in [6.07, 6.45) is 19.3. The predicted octanol–water partition coefficient (Wildman–Crippen LogP) is 6.39. The van der Waals surface area contributed by atoms with Crippen LogP contribution in [0.3, 0.4) is 0 Å². The monoisotopic (exact) mass is 341 g/mol. The van der Waals surface area contributed by atoms with Gasteiger partial charge in [-0.1, -0.05) is 97.3 Å². The average Bonchev–Trinajstić information content (AvgIpc) is 2.58. The molecule has 0 aliphatic heterocycles. The lowest BCUT2D eigenvalue weighted by Gasteiger charge is -2.27. The molecule has 0 saturated carbocycles. The van der Waals surface area contributed by atoms with Gasteiger partial charge in [0.05, 0.1) is 0 Å². The van der Waals surface area contributed by atoms with Crippen molar-refractivity contribution in [2.24, 2.45) is 0 Å². The van der Waals surface area contributed by atoms with E-state index < -0.39 is 6.03 Å². The van der Waals surface area contributed by atoms with E-state index in [2.05, 4.69) is 12.2 Å². The molecule has 144 valence electrons. The fraction of sp³-hybridized carbons (Fsp3) is 0.950. The van der Waals surface area contributed by atoms with Gasteiger partial charge in [0.25, 0.3) is 0 Å². The molecule has 0 aromatic rings. The van der Waals surface area contributed by atoms with Gasteiger partial charge in [0.1, 0.15) is 0 Å². The molecule has 0 rings (SSSR count). The van der Waals surface area contributed by atoms with Gasteiger partial charge in [-0.3, -0.25) is 0 Å².